The Bertz CT molecular complexity index is 1400. The number of halogens is 1. The van der Waals surface area contributed by atoms with Crippen LogP contribution in [0.5, 0.6) is 11.5 Å². The standard InChI is InChI=1S/C27H22BrNO7/c1-3-36-27(34)17-7-4-8-18(12-17)29-23(15-6-5-9-19(30)13-15)22(25(32)26(29)33)24(31)16-10-11-21(35-2)20(28)14-16/h4-14,23,30-31H,3H2,1-2H3/b24-22+. The molecule has 1 aliphatic heterocycles. The number of benzene rings is 3. The number of hydrogen-bond acceptors (Lipinski definition) is 7. The Hall–Kier alpha value is -4.11. The lowest BCUT2D eigenvalue weighted by molar-refractivity contribution is -0.132. The van der Waals surface area contributed by atoms with Gasteiger partial charge in [-0.3, -0.25) is 14.5 Å². The van der Waals surface area contributed by atoms with Crippen molar-refractivity contribution < 1.29 is 34.1 Å². The molecular formula is C27H22BrNO7. The van der Waals surface area contributed by atoms with Crippen LogP contribution in [0.2, 0.25) is 0 Å². The number of amides is 1. The Morgan fingerprint density at radius 2 is 1.78 bits per heavy atom. The number of Topliss-reactive ketones (excluding diaryl/α,β-unsaturated/α-hetero) is 1. The van der Waals surface area contributed by atoms with Crippen molar-refractivity contribution in [1.82, 2.24) is 0 Å². The predicted octanol–water partition coefficient (Wildman–Crippen LogP) is 4.97. The molecule has 36 heavy (non-hydrogen) atoms. The number of ketones is 1. The summed E-state index contributed by atoms with van der Waals surface area (Å²) >= 11 is 3.37. The zero-order chi connectivity index (χ0) is 26.0. The van der Waals surface area contributed by atoms with E-state index in [2.05, 4.69) is 15.9 Å². The minimum atomic E-state index is -1.07. The van der Waals surface area contributed by atoms with E-state index in [1.807, 2.05) is 0 Å². The number of hydrogen-bond donors (Lipinski definition) is 2. The van der Waals surface area contributed by atoms with E-state index in [-0.39, 0.29) is 34.7 Å². The summed E-state index contributed by atoms with van der Waals surface area (Å²) in [6.07, 6.45) is 0. The topological polar surface area (TPSA) is 113 Å². The van der Waals surface area contributed by atoms with Crippen molar-refractivity contribution in [1.29, 1.82) is 0 Å². The number of methoxy groups -OCH3 is 1. The molecule has 1 unspecified atom stereocenters. The average molecular weight is 552 g/mol. The van der Waals surface area contributed by atoms with E-state index in [1.54, 1.807) is 49.4 Å². The van der Waals surface area contributed by atoms with Crippen LogP contribution in [0.15, 0.2) is 76.8 Å². The fourth-order valence-corrected chi connectivity index (χ4v) is 4.62. The first-order valence-corrected chi connectivity index (χ1v) is 11.8. The van der Waals surface area contributed by atoms with Crippen LogP contribution in [0.3, 0.4) is 0 Å². The molecule has 0 saturated carbocycles. The largest absolute Gasteiger partial charge is 0.508 e. The van der Waals surface area contributed by atoms with Crippen LogP contribution in [-0.2, 0) is 14.3 Å². The highest BCUT2D eigenvalue weighted by Gasteiger charge is 2.47. The van der Waals surface area contributed by atoms with E-state index in [9.17, 15) is 24.6 Å². The number of phenols is 1. The molecule has 2 N–H and O–H groups in total. The summed E-state index contributed by atoms with van der Waals surface area (Å²) in [5.41, 5.74) is 0.969. The first kappa shape index (κ1) is 25.0. The second-order valence-electron chi connectivity index (χ2n) is 7.88. The maximum atomic E-state index is 13.3. The predicted molar refractivity (Wildman–Crippen MR) is 136 cm³/mol. The van der Waals surface area contributed by atoms with Crippen LogP contribution in [0.4, 0.5) is 5.69 Å². The Labute approximate surface area is 215 Å². The Morgan fingerprint density at radius 1 is 1.03 bits per heavy atom. The van der Waals surface area contributed by atoms with E-state index in [4.69, 9.17) is 9.47 Å². The van der Waals surface area contributed by atoms with E-state index in [0.717, 1.165) is 0 Å². The molecule has 0 aliphatic carbocycles. The number of nitrogens with zero attached hydrogens (tertiary/aromatic N) is 1. The zero-order valence-electron chi connectivity index (χ0n) is 19.4. The van der Waals surface area contributed by atoms with Crippen LogP contribution in [0.1, 0.15) is 34.5 Å². The molecule has 1 saturated heterocycles. The monoisotopic (exact) mass is 551 g/mol. The van der Waals surface area contributed by atoms with E-state index in [0.29, 0.717) is 15.8 Å². The minimum Gasteiger partial charge on any atom is -0.508 e. The summed E-state index contributed by atoms with van der Waals surface area (Å²) in [7, 11) is 1.50. The minimum absolute atomic E-state index is 0.0782. The smallest absolute Gasteiger partial charge is 0.338 e. The molecule has 0 bridgehead atoms. The normalized spacial score (nSPS) is 16.8. The van der Waals surface area contributed by atoms with Crippen LogP contribution in [0.25, 0.3) is 5.76 Å². The van der Waals surface area contributed by atoms with Gasteiger partial charge in [-0.05, 0) is 76.9 Å². The zero-order valence-corrected chi connectivity index (χ0v) is 21.0. The molecule has 0 spiro atoms. The molecule has 1 atom stereocenters. The molecular weight excluding hydrogens is 530 g/mol. The van der Waals surface area contributed by atoms with Crippen molar-refractivity contribution >= 4 is 45.0 Å². The van der Waals surface area contributed by atoms with E-state index >= 15 is 0 Å². The molecule has 0 aromatic heterocycles. The van der Waals surface area contributed by atoms with E-state index in [1.165, 1.54) is 36.3 Å². The first-order chi connectivity index (χ1) is 17.3. The van der Waals surface area contributed by atoms with Crippen LogP contribution in [0, 0.1) is 0 Å². The van der Waals surface area contributed by atoms with Gasteiger partial charge in [0, 0.05) is 11.3 Å². The van der Waals surface area contributed by atoms with Gasteiger partial charge in [-0.25, -0.2) is 4.79 Å². The summed E-state index contributed by atoms with van der Waals surface area (Å²) in [6, 6.07) is 15.9. The van der Waals surface area contributed by atoms with Crippen molar-refractivity contribution in [2.24, 2.45) is 0 Å². The number of carbonyl (C=O) groups is 3. The average Bonchev–Trinajstić information content (AvgIpc) is 3.14. The lowest BCUT2D eigenvalue weighted by Gasteiger charge is -2.26. The van der Waals surface area contributed by atoms with Gasteiger partial charge in [0.25, 0.3) is 11.7 Å². The van der Waals surface area contributed by atoms with Gasteiger partial charge in [-0.1, -0.05) is 18.2 Å². The highest BCUT2D eigenvalue weighted by molar-refractivity contribution is 9.10. The van der Waals surface area contributed by atoms with Crippen molar-refractivity contribution in [2.45, 2.75) is 13.0 Å². The number of phenolic OH excluding ortho intramolecular Hbond substituents is 1. The lowest BCUT2D eigenvalue weighted by atomic mass is 9.95. The number of carbonyl (C=O) groups excluding carboxylic acids is 3. The van der Waals surface area contributed by atoms with Gasteiger partial charge in [-0.15, -0.1) is 0 Å². The summed E-state index contributed by atoms with van der Waals surface area (Å²) in [6.45, 7) is 1.86. The SMILES string of the molecule is CCOC(=O)c1cccc(N2C(=O)C(=O)/C(=C(/O)c3ccc(OC)c(Br)c3)C2c2cccc(O)c2)c1. The third-order valence-electron chi connectivity index (χ3n) is 5.69. The van der Waals surface area contributed by atoms with Gasteiger partial charge in [0.1, 0.15) is 17.3 Å². The summed E-state index contributed by atoms with van der Waals surface area (Å²) in [5, 5.41) is 21.4. The Morgan fingerprint density at radius 3 is 2.44 bits per heavy atom. The summed E-state index contributed by atoms with van der Waals surface area (Å²) in [4.78, 5) is 40.1. The quantitative estimate of drug-likeness (QED) is 0.192. The third kappa shape index (κ3) is 4.57. The highest BCUT2D eigenvalue weighted by Crippen LogP contribution is 2.43. The van der Waals surface area contributed by atoms with Gasteiger partial charge in [0.05, 0.1) is 35.4 Å². The number of aliphatic hydroxyl groups is 1. The third-order valence-corrected chi connectivity index (χ3v) is 6.31. The van der Waals surface area contributed by atoms with Gasteiger partial charge < -0.3 is 19.7 Å². The van der Waals surface area contributed by atoms with Crippen molar-refractivity contribution in [2.75, 3.05) is 18.6 Å². The summed E-state index contributed by atoms with van der Waals surface area (Å²) < 4.78 is 10.8. The molecule has 4 rings (SSSR count). The molecule has 1 amide bonds. The molecule has 1 fully saturated rings. The van der Waals surface area contributed by atoms with Gasteiger partial charge in [-0.2, -0.15) is 0 Å². The molecule has 1 aliphatic rings. The number of rotatable bonds is 6. The van der Waals surface area contributed by atoms with Crippen LogP contribution < -0.4 is 9.64 Å². The molecule has 8 nitrogen and oxygen atoms in total. The van der Waals surface area contributed by atoms with E-state index < -0.39 is 29.5 Å². The van der Waals surface area contributed by atoms with Crippen LogP contribution >= 0.6 is 15.9 Å². The molecule has 0 radical (unpaired) electrons. The van der Waals surface area contributed by atoms with Gasteiger partial charge >= 0.3 is 5.97 Å². The van der Waals surface area contributed by atoms with Crippen LogP contribution in [-0.4, -0.2) is 41.6 Å². The molecule has 9 heteroatoms. The molecule has 3 aromatic carbocycles. The molecule has 1 heterocycles. The number of anilines is 1. The number of ether oxygens (including phenoxy) is 2. The lowest BCUT2D eigenvalue weighted by Crippen LogP contribution is -2.29. The summed E-state index contributed by atoms with van der Waals surface area (Å²) in [5.74, 6) is -2.33. The van der Waals surface area contributed by atoms with Crippen molar-refractivity contribution in [3.05, 3.63) is 93.5 Å². The number of aromatic hydroxyl groups is 1. The fourth-order valence-electron chi connectivity index (χ4n) is 4.08. The second kappa shape index (κ2) is 10.2. The molecule has 184 valence electrons. The second-order valence-corrected chi connectivity index (χ2v) is 8.74. The number of aliphatic hydroxyl groups excluding tert-OH is 1. The Balaban J connectivity index is 1.92. The maximum absolute atomic E-state index is 13.3. The first-order valence-electron chi connectivity index (χ1n) is 11.0. The molecule has 3 aromatic rings. The van der Waals surface area contributed by atoms with Crippen molar-refractivity contribution in [3.63, 3.8) is 0 Å². The number of esters is 1. The van der Waals surface area contributed by atoms with Gasteiger partial charge in [0.15, 0.2) is 0 Å². The Kier molecular flexibility index (Phi) is 7.12. The maximum Gasteiger partial charge on any atom is 0.338 e. The van der Waals surface area contributed by atoms with Crippen molar-refractivity contribution in [3.8, 4) is 11.5 Å². The highest BCUT2D eigenvalue weighted by atomic mass is 79.9. The van der Waals surface area contributed by atoms with Gasteiger partial charge in [0.2, 0.25) is 0 Å². The fraction of sp³-hybridized carbons (Fsp3) is 0.148.